The Morgan fingerprint density at radius 1 is 0.718 bits per heavy atom. The Hall–Kier alpha value is -1.63. The highest BCUT2D eigenvalue weighted by molar-refractivity contribution is 5.72. The van der Waals surface area contributed by atoms with E-state index in [1.54, 1.807) is 6.92 Å². The van der Waals surface area contributed by atoms with Gasteiger partial charge in [-0.05, 0) is 50.6 Å². The summed E-state index contributed by atoms with van der Waals surface area (Å²) in [5.41, 5.74) is 0.00255. The van der Waals surface area contributed by atoms with E-state index in [0.717, 1.165) is 96.7 Å². The van der Waals surface area contributed by atoms with Crippen molar-refractivity contribution < 1.29 is 24.2 Å². The van der Waals surface area contributed by atoms with E-state index in [2.05, 4.69) is 31.0 Å². The Bertz CT molecular complexity index is 624. The standard InChI is InChI=1S/C32H62N2O5/c1-5-6-7-8-9-16-21-26-39-31(38)23-18-13-11-15-20-25-34(28-32(3,4)27-33-29(2)35)24-19-14-10-12-17-22-30(36)37/h5-28H2,1-4H3,(H,33,35)(H,36,37). The number of esters is 1. The number of hydrogen-bond donors (Lipinski definition) is 2. The molecule has 0 heterocycles. The maximum absolute atomic E-state index is 12.0. The van der Waals surface area contributed by atoms with Crippen LogP contribution in [0.5, 0.6) is 0 Å². The second-order valence-electron chi connectivity index (χ2n) is 12.1. The number of amides is 1. The second kappa shape index (κ2) is 25.3. The van der Waals surface area contributed by atoms with Gasteiger partial charge in [-0.1, -0.05) is 97.8 Å². The summed E-state index contributed by atoms with van der Waals surface area (Å²) in [5, 5.41) is 11.7. The molecular weight excluding hydrogens is 492 g/mol. The smallest absolute Gasteiger partial charge is 0.305 e. The first-order chi connectivity index (χ1) is 18.7. The Morgan fingerprint density at radius 3 is 1.74 bits per heavy atom. The molecule has 0 radical (unpaired) electrons. The predicted molar refractivity (Wildman–Crippen MR) is 161 cm³/mol. The lowest BCUT2D eigenvalue weighted by molar-refractivity contribution is -0.144. The van der Waals surface area contributed by atoms with E-state index in [1.165, 1.54) is 32.1 Å². The summed E-state index contributed by atoms with van der Waals surface area (Å²) in [6, 6.07) is 0. The average molecular weight is 555 g/mol. The zero-order valence-electron chi connectivity index (χ0n) is 26.0. The number of carbonyl (C=O) groups excluding carboxylic acids is 2. The number of carboxylic acids is 1. The van der Waals surface area contributed by atoms with Crippen molar-refractivity contribution >= 4 is 17.8 Å². The van der Waals surface area contributed by atoms with Gasteiger partial charge in [-0.2, -0.15) is 0 Å². The normalized spacial score (nSPS) is 11.6. The maximum atomic E-state index is 12.0. The molecule has 0 aromatic heterocycles. The van der Waals surface area contributed by atoms with Gasteiger partial charge in [0.2, 0.25) is 5.91 Å². The van der Waals surface area contributed by atoms with Crippen LogP contribution in [-0.4, -0.2) is 60.6 Å². The summed E-state index contributed by atoms with van der Waals surface area (Å²) in [6.07, 6.45) is 19.9. The van der Waals surface area contributed by atoms with Gasteiger partial charge in [0.05, 0.1) is 6.61 Å². The van der Waals surface area contributed by atoms with Gasteiger partial charge in [-0.15, -0.1) is 0 Å². The van der Waals surface area contributed by atoms with E-state index in [-0.39, 0.29) is 23.7 Å². The fourth-order valence-corrected chi connectivity index (χ4v) is 4.89. The zero-order valence-corrected chi connectivity index (χ0v) is 26.0. The van der Waals surface area contributed by atoms with Gasteiger partial charge in [-0.3, -0.25) is 14.4 Å². The fraction of sp³-hybridized carbons (Fsp3) is 0.906. The van der Waals surface area contributed by atoms with Crippen molar-refractivity contribution in [2.24, 2.45) is 5.41 Å². The highest BCUT2D eigenvalue weighted by Gasteiger charge is 2.22. The number of carbonyl (C=O) groups is 3. The average Bonchev–Trinajstić information content (AvgIpc) is 2.87. The van der Waals surface area contributed by atoms with E-state index in [4.69, 9.17) is 9.84 Å². The van der Waals surface area contributed by atoms with E-state index in [9.17, 15) is 14.4 Å². The minimum atomic E-state index is -0.707. The van der Waals surface area contributed by atoms with Gasteiger partial charge in [0.25, 0.3) is 0 Å². The van der Waals surface area contributed by atoms with Crippen LogP contribution >= 0.6 is 0 Å². The van der Waals surface area contributed by atoms with Crippen LogP contribution in [0.3, 0.4) is 0 Å². The molecule has 0 saturated heterocycles. The van der Waals surface area contributed by atoms with Crippen LogP contribution in [-0.2, 0) is 19.1 Å². The van der Waals surface area contributed by atoms with Gasteiger partial charge in [0.15, 0.2) is 0 Å². The van der Waals surface area contributed by atoms with Crippen LogP contribution in [0.2, 0.25) is 0 Å². The molecule has 0 aromatic carbocycles. The molecule has 0 fully saturated rings. The van der Waals surface area contributed by atoms with Crippen LogP contribution in [0.4, 0.5) is 0 Å². The third-order valence-corrected chi connectivity index (χ3v) is 7.20. The molecule has 0 aliphatic carbocycles. The lowest BCUT2D eigenvalue weighted by Crippen LogP contribution is -2.42. The molecule has 7 heteroatoms. The number of hydrogen-bond acceptors (Lipinski definition) is 5. The maximum Gasteiger partial charge on any atom is 0.305 e. The molecule has 0 spiro atoms. The summed E-state index contributed by atoms with van der Waals surface area (Å²) in [5.74, 6) is -0.740. The van der Waals surface area contributed by atoms with Gasteiger partial charge >= 0.3 is 11.9 Å². The van der Waals surface area contributed by atoms with Gasteiger partial charge in [0, 0.05) is 32.9 Å². The van der Waals surface area contributed by atoms with Crippen molar-refractivity contribution in [1.29, 1.82) is 0 Å². The molecule has 0 aromatic rings. The molecule has 0 aliphatic rings. The number of aliphatic carboxylic acids is 1. The SMILES string of the molecule is CCCCCCCCCOC(=O)CCCCCCCN(CCCCCCCC(=O)O)CC(C)(C)CNC(C)=O. The van der Waals surface area contributed by atoms with Gasteiger partial charge < -0.3 is 20.1 Å². The molecule has 0 bridgehead atoms. The molecule has 2 N–H and O–H groups in total. The molecule has 0 rings (SSSR count). The first kappa shape index (κ1) is 37.4. The molecule has 0 aliphatic heterocycles. The van der Waals surface area contributed by atoms with Crippen molar-refractivity contribution in [3.05, 3.63) is 0 Å². The molecule has 0 unspecified atom stereocenters. The highest BCUT2D eigenvalue weighted by Crippen LogP contribution is 2.18. The first-order valence-electron chi connectivity index (χ1n) is 16.0. The van der Waals surface area contributed by atoms with Crippen LogP contribution in [0.15, 0.2) is 0 Å². The summed E-state index contributed by atoms with van der Waals surface area (Å²) in [6.45, 7) is 12.5. The number of rotatable bonds is 28. The lowest BCUT2D eigenvalue weighted by Gasteiger charge is -2.33. The molecule has 7 nitrogen and oxygen atoms in total. The molecule has 0 atom stereocenters. The van der Waals surface area contributed by atoms with Crippen molar-refractivity contribution in [3.63, 3.8) is 0 Å². The Labute approximate surface area is 240 Å². The summed E-state index contributed by atoms with van der Waals surface area (Å²) in [4.78, 5) is 36.5. The zero-order chi connectivity index (χ0) is 29.2. The van der Waals surface area contributed by atoms with Crippen LogP contribution in [0.1, 0.15) is 150 Å². The minimum absolute atomic E-state index is 0.00255. The predicted octanol–water partition coefficient (Wildman–Crippen LogP) is 7.51. The largest absolute Gasteiger partial charge is 0.481 e. The Balaban J connectivity index is 4.07. The Morgan fingerprint density at radius 2 is 1.21 bits per heavy atom. The van der Waals surface area contributed by atoms with Crippen LogP contribution in [0.25, 0.3) is 0 Å². The Kier molecular flexibility index (Phi) is 24.3. The topological polar surface area (TPSA) is 95.9 Å². The number of nitrogens with one attached hydrogen (secondary N) is 1. The summed E-state index contributed by atoms with van der Waals surface area (Å²) < 4.78 is 5.39. The van der Waals surface area contributed by atoms with E-state index >= 15 is 0 Å². The van der Waals surface area contributed by atoms with E-state index in [1.807, 2.05) is 0 Å². The third kappa shape index (κ3) is 27.7. The van der Waals surface area contributed by atoms with Crippen LogP contribution < -0.4 is 5.32 Å². The van der Waals surface area contributed by atoms with Crippen molar-refractivity contribution in [1.82, 2.24) is 10.2 Å². The lowest BCUT2D eigenvalue weighted by atomic mass is 9.92. The molecule has 39 heavy (non-hydrogen) atoms. The highest BCUT2D eigenvalue weighted by atomic mass is 16.5. The third-order valence-electron chi connectivity index (χ3n) is 7.20. The number of ether oxygens (including phenoxy) is 1. The quantitative estimate of drug-likeness (QED) is 0.0767. The molecular formula is C32H62N2O5. The van der Waals surface area contributed by atoms with E-state index < -0.39 is 5.97 Å². The van der Waals surface area contributed by atoms with Crippen molar-refractivity contribution in [2.45, 2.75) is 150 Å². The molecule has 1 amide bonds. The summed E-state index contributed by atoms with van der Waals surface area (Å²) in [7, 11) is 0. The first-order valence-corrected chi connectivity index (χ1v) is 16.0. The minimum Gasteiger partial charge on any atom is -0.481 e. The second-order valence-corrected chi connectivity index (χ2v) is 12.1. The van der Waals surface area contributed by atoms with Gasteiger partial charge in [-0.25, -0.2) is 0 Å². The number of nitrogens with zero attached hydrogens (tertiary/aromatic N) is 1. The molecule has 0 saturated carbocycles. The summed E-state index contributed by atoms with van der Waals surface area (Å²) >= 11 is 0. The van der Waals surface area contributed by atoms with Gasteiger partial charge in [0.1, 0.15) is 0 Å². The monoisotopic (exact) mass is 554 g/mol. The molecule has 230 valence electrons. The van der Waals surface area contributed by atoms with Crippen LogP contribution in [0, 0.1) is 5.41 Å². The number of unbranched alkanes of at least 4 members (excludes halogenated alkanes) is 14. The van der Waals surface area contributed by atoms with Crippen molar-refractivity contribution in [2.75, 3.05) is 32.8 Å². The van der Waals surface area contributed by atoms with E-state index in [0.29, 0.717) is 19.6 Å². The van der Waals surface area contributed by atoms with Crippen molar-refractivity contribution in [3.8, 4) is 0 Å². The fourth-order valence-electron chi connectivity index (χ4n) is 4.89. The number of carboxylic acid groups (broad SMARTS) is 1.